The van der Waals surface area contributed by atoms with Crippen LogP contribution in [0.25, 0.3) is 27.5 Å². The second-order valence-electron chi connectivity index (χ2n) is 9.90. The lowest BCUT2D eigenvalue weighted by Crippen LogP contribution is -2.47. The largest absolute Gasteiger partial charge is 0.478 e. The normalized spacial score (nSPS) is 18.4. The number of fused-ring (bicyclic) bond motifs is 3. The summed E-state index contributed by atoms with van der Waals surface area (Å²) in [5.41, 5.74) is 4.36. The minimum absolute atomic E-state index is 0.0339. The molecule has 1 fully saturated rings. The lowest BCUT2D eigenvalue weighted by Gasteiger charge is -2.35. The number of rotatable bonds is 7. The Kier molecular flexibility index (Phi) is 6.68. The number of aryl methyl sites for hydroxylation is 1. The zero-order chi connectivity index (χ0) is 25.4. The quantitative estimate of drug-likeness (QED) is 0.368. The number of ether oxygens (including phenoxy) is 2. The Labute approximate surface area is 210 Å². The summed E-state index contributed by atoms with van der Waals surface area (Å²) in [5, 5.41) is 0.929. The average molecular weight is 491 g/mol. The van der Waals surface area contributed by atoms with Crippen LogP contribution < -0.4 is 15.2 Å². The van der Waals surface area contributed by atoms with Crippen LogP contribution in [0.4, 0.5) is 5.69 Å². The molecule has 0 saturated carbocycles. The molecule has 0 bridgehead atoms. The van der Waals surface area contributed by atoms with Gasteiger partial charge in [-0.25, -0.2) is 19.2 Å². The van der Waals surface area contributed by atoms with Crippen LogP contribution >= 0.6 is 0 Å². The van der Waals surface area contributed by atoms with Crippen molar-refractivity contribution in [1.82, 2.24) is 24.1 Å². The van der Waals surface area contributed by atoms with Crippen molar-refractivity contribution in [2.24, 2.45) is 7.05 Å². The maximum Gasteiger partial charge on any atom is 0.291 e. The number of nitrogens with zero attached hydrogens (tertiary/aromatic N) is 6. The van der Waals surface area contributed by atoms with E-state index in [9.17, 15) is 4.79 Å². The number of pyridine rings is 1. The van der Waals surface area contributed by atoms with Gasteiger partial charge in [0.25, 0.3) is 5.56 Å². The average Bonchev–Trinajstić information content (AvgIpc) is 3.11. The molecule has 190 valence electrons. The maximum atomic E-state index is 13.4. The van der Waals surface area contributed by atoms with Crippen molar-refractivity contribution < 1.29 is 9.47 Å². The van der Waals surface area contributed by atoms with E-state index in [4.69, 9.17) is 9.47 Å². The van der Waals surface area contributed by atoms with Gasteiger partial charge in [0.15, 0.2) is 0 Å². The van der Waals surface area contributed by atoms with Crippen molar-refractivity contribution in [2.75, 3.05) is 45.2 Å². The molecule has 1 aromatic carbocycles. The van der Waals surface area contributed by atoms with Gasteiger partial charge in [0.1, 0.15) is 17.5 Å². The predicted octanol–water partition coefficient (Wildman–Crippen LogP) is 3.19. The minimum atomic E-state index is -0.0339. The highest BCUT2D eigenvalue weighted by atomic mass is 16.5. The summed E-state index contributed by atoms with van der Waals surface area (Å²) < 4.78 is 15.2. The molecule has 36 heavy (non-hydrogen) atoms. The third kappa shape index (κ3) is 4.68. The number of aromatic nitrogens is 4. The smallest absolute Gasteiger partial charge is 0.291 e. The van der Waals surface area contributed by atoms with Crippen LogP contribution in [0.3, 0.4) is 0 Å². The molecule has 9 nitrogen and oxygen atoms in total. The molecule has 2 atom stereocenters. The topological polar surface area (TPSA) is 77.1 Å². The van der Waals surface area contributed by atoms with E-state index in [0.29, 0.717) is 31.3 Å². The molecule has 4 heterocycles. The highest BCUT2D eigenvalue weighted by Gasteiger charge is 2.28. The molecule has 4 aromatic rings. The lowest BCUT2D eigenvalue weighted by atomic mass is 10.0. The molecule has 5 rings (SSSR count). The summed E-state index contributed by atoms with van der Waals surface area (Å²) in [6, 6.07) is 10.1. The summed E-state index contributed by atoms with van der Waals surface area (Å²) in [6.07, 6.45) is 4.60. The molecule has 0 unspecified atom stereocenters. The van der Waals surface area contributed by atoms with Gasteiger partial charge < -0.3 is 19.3 Å². The van der Waals surface area contributed by atoms with Crippen molar-refractivity contribution in [3.05, 3.63) is 53.2 Å². The molecule has 0 spiro atoms. The molecule has 3 aromatic heterocycles. The van der Waals surface area contributed by atoms with E-state index in [1.807, 2.05) is 48.8 Å². The Morgan fingerprint density at radius 2 is 1.83 bits per heavy atom. The van der Waals surface area contributed by atoms with Gasteiger partial charge in [-0.15, -0.1) is 0 Å². The van der Waals surface area contributed by atoms with Gasteiger partial charge in [0.05, 0.1) is 24.3 Å². The van der Waals surface area contributed by atoms with E-state index in [2.05, 4.69) is 39.9 Å². The van der Waals surface area contributed by atoms with Crippen LogP contribution in [0, 0.1) is 0 Å². The number of morpholine rings is 1. The standard InChI is InChI=1S/C27H34N6O3/c1-18-15-32(16-19(2)36-18)26-25-22-13-20(7-9-23(22)29-17-33(25)31(5)27(26)34)21-8-10-24(28-14-21)35-12-6-11-30(3)4/h7-10,13-14,17-19H,6,11-12,15-16H2,1-5H3/t18-,19+. The Hall–Kier alpha value is -3.43. The van der Waals surface area contributed by atoms with Gasteiger partial charge in [-0.05, 0) is 58.1 Å². The van der Waals surface area contributed by atoms with Crippen molar-refractivity contribution in [3.63, 3.8) is 0 Å². The fourth-order valence-corrected chi connectivity index (χ4v) is 4.97. The van der Waals surface area contributed by atoms with Crippen LogP contribution in [0.1, 0.15) is 20.3 Å². The van der Waals surface area contributed by atoms with Crippen LogP contribution in [0.5, 0.6) is 5.88 Å². The van der Waals surface area contributed by atoms with Crippen LogP contribution in [0.15, 0.2) is 47.7 Å². The first-order valence-corrected chi connectivity index (χ1v) is 12.5. The van der Waals surface area contributed by atoms with Gasteiger partial charge in [-0.1, -0.05) is 6.07 Å². The zero-order valence-electron chi connectivity index (χ0n) is 21.6. The van der Waals surface area contributed by atoms with Gasteiger partial charge in [0.2, 0.25) is 5.88 Å². The van der Waals surface area contributed by atoms with E-state index in [0.717, 1.165) is 40.5 Å². The third-order valence-corrected chi connectivity index (χ3v) is 6.64. The third-order valence-electron chi connectivity index (χ3n) is 6.64. The number of hydrogen-bond donors (Lipinski definition) is 0. The molecule has 1 saturated heterocycles. The van der Waals surface area contributed by atoms with Gasteiger partial charge in [-0.3, -0.25) is 4.79 Å². The summed E-state index contributed by atoms with van der Waals surface area (Å²) in [7, 11) is 5.89. The highest BCUT2D eigenvalue weighted by molar-refractivity contribution is 6.01. The molecule has 9 heteroatoms. The monoisotopic (exact) mass is 490 g/mol. The van der Waals surface area contributed by atoms with Crippen LogP contribution in [0.2, 0.25) is 0 Å². The van der Waals surface area contributed by atoms with Crippen molar-refractivity contribution in [1.29, 1.82) is 0 Å². The molecule has 0 aliphatic carbocycles. The SMILES string of the molecule is C[C@@H]1CN(c2c(=O)n(C)n3cnc4ccc(-c5ccc(OCCCN(C)C)nc5)cc4c23)C[C@H](C)O1. The first kappa shape index (κ1) is 24.3. The van der Waals surface area contributed by atoms with E-state index in [-0.39, 0.29) is 17.8 Å². The van der Waals surface area contributed by atoms with E-state index < -0.39 is 0 Å². The number of anilines is 1. The summed E-state index contributed by atoms with van der Waals surface area (Å²) >= 11 is 0. The van der Waals surface area contributed by atoms with Crippen molar-refractivity contribution >= 4 is 22.1 Å². The minimum Gasteiger partial charge on any atom is -0.478 e. The number of benzene rings is 1. The fraction of sp³-hybridized carbons (Fsp3) is 0.444. The van der Waals surface area contributed by atoms with Crippen LogP contribution in [-0.2, 0) is 11.8 Å². The van der Waals surface area contributed by atoms with Gasteiger partial charge >= 0.3 is 0 Å². The molecular formula is C27H34N6O3. The first-order chi connectivity index (χ1) is 17.3. The highest BCUT2D eigenvalue weighted by Crippen LogP contribution is 2.31. The molecule has 1 aliphatic heterocycles. The molecule has 0 amide bonds. The van der Waals surface area contributed by atoms with E-state index >= 15 is 0 Å². The zero-order valence-corrected chi connectivity index (χ0v) is 21.6. The second-order valence-corrected chi connectivity index (χ2v) is 9.90. The molecular weight excluding hydrogens is 456 g/mol. The first-order valence-electron chi connectivity index (χ1n) is 12.5. The van der Waals surface area contributed by atoms with E-state index in [1.165, 1.54) is 0 Å². The Morgan fingerprint density at radius 1 is 1.08 bits per heavy atom. The Bertz CT molecular complexity index is 1420. The fourth-order valence-electron chi connectivity index (χ4n) is 4.97. The molecule has 1 aliphatic rings. The molecule has 0 radical (unpaired) electrons. The number of hydrogen-bond acceptors (Lipinski definition) is 7. The van der Waals surface area contributed by atoms with Crippen molar-refractivity contribution in [2.45, 2.75) is 32.5 Å². The van der Waals surface area contributed by atoms with E-state index in [1.54, 1.807) is 18.1 Å². The summed E-state index contributed by atoms with van der Waals surface area (Å²) in [4.78, 5) is 26.8. The van der Waals surface area contributed by atoms with Crippen molar-refractivity contribution in [3.8, 4) is 17.0 Å². The van der Waals surface area contributed by atoms with Gasteiger partial charge in [-0.2, -0.15) is 0 Å². The Morgan fingerprint density at radius 3 is 2.53 bits per heavy atom. The summed E-state index contributed by atoms with van der Waals surface area (Å²) in [5.74, 6) is 0.620. The Balaban J connectivity index is 1.52. The van der Waals surface area contributed by atoms with Crippen LogP contribution in [-0.4, -0.2) is 76.6 Å². The summed E-state index contributed by atoms with van der Waals surface area (Å²) in [6.45, 7) is 7.04. The lowest BCUT2D eigenvalue weighted by molar-refractivity contribution is -0.00519. The maximum absolute atomic E-state index is 13.4. The van der Waals surface area contributed by atoms with Gasteiger partial charge in [0, 0.05) is 49.9 Å². The second kappa shape index (κ2) is 9.91. The predicted molar refractivity (Wildman–Crippen MR) is 142 cm³/mol. The molecule has 0 N–H and O–H groups in total.